The van der Waals surface area contributed by atoms with Gasteiger partial charge in [-0.1, -0.05) is 18.2 Å². The second kappa shape index (κ2) is 7.45. The van der Waals surface area contributed by atoms with Gasteiger partial charge in [-0.05, 0) is 35.6 Å². The summed E-state index contributed by atoms with van der Waals surface area (Å²) in [5.41, 5.74) is 1.71. The van der Waals surface area contributed by atoms with Crippen LogP contribution in [0.4, 0.5) is 4.39 Å². The summed E-state index contributed by atoms with van der Waals surface area (Å²) in [6.45, 7) is 2.52. The molecule has 2 aromatic rings. The van der Waals surface area contributed by atoms with E-state index in [1.165, 1.54) is 17.4 Å². The van der Waals surface area contributed by atoms with E-state index in [4.69, 9.17) is 0 Å². The number of thiophene rings is 1. The van der Waals surface area contributed by atoms with Crippen LogP contribution in [-0.4, -0.2) is 18.2 Å². The molecule has 0 bridgehead atoms. The number of amides is 1. The van der Waals surface area contributed by atoms with Gasteiger partial charge in [-0.3, -0.25) is 4.79 Å². The Bertz CT molecular complexity index is 583. The molecule has 2 nitrogen and oxygen atoms in total. The number of carbonyl (C=O) groups excluding carboxylic acids is 1. The molecule has 1 aromatic heterocycles. The maximum Gasteiger partial charge on any atom is 0.261 e. The Hall–Kier alpha value is -1.33. The van der Waals surface area contributed by atoms with E-state index < -0.39 is 0 Å². The first-order chi connectivity index (χ1) is 9.68. The molecule has 0 saturated heterocycles. The highest BCUT2D eigenvalue weighted by Gasteiger charge is 2.09. The van der Waals surface area contributed by atoms with Crippen LogP contribution in [0.3, 0.4) is 0 Å². The van der Waals surface area contributed by atoms with E-state index in [0.29, 0.717) is 17.9 Å². The van der Waals surface area contributed by atoms with Crippen LogP contribution in [0.15, 0.2) is 35.7 Å². The first-order valence-electron chi connectivity index (χ1n) is 6.32. The van der Waals surface area contributed by atoms with Gasteiger partial charge in [-0.25, -0.2) is 4.39 Å². The Morgan fingerprint density at radius 1 is 1.35 bits per heavy atom. The molecule has 0 radical (unpaired) electrons. The first-order valence-corrected chi connectivity index (χ1v) is 8.35. The average molecular weight is 309 g/mol. The monoisotopic (exact) mass is 309 g/mol. The molecule has 1 amide bonds. The smallest absolute Gasteiger partial charge is 0.261 e. The van der Waals surface area contributed by atoms with Crippen LogP contribution >= 0.6 is 23.1 Å². The maximum absolute atomic E-state index is 13.4. The maximum atomic E-state index is 13.4. The SMILES string of the molecule is Cc1ccsc1C(=O)NCCSCc1ccccc1F. The zero-order chi connectivity index (χ0) is 14.4. The van der Waals surface area contributed by atoms with Gasteiger partial charge in [-0.2, -0.15) is 11.8 Å². The Morgan fingerprint density at radius 3 is 2.85 bits per heavy atom. The van der Waals surface area contributed by atoms with Crippen molar-refractivity contribution in [2.45, 2.75) is 12.7 Å². The van der Waals surface area contributed by atoms with E-state index in [0.717, 1.165) is 16.2 Å². The number of nitrogens with one attached hydrogen (secondary N) is 1. The standard InChI is InChI=1S/C15H16FNOS2/c1-11-6-8-20-14(11)15(18)17-7-9-19-10-12-4-2-3-5-13(12)16/h2-6,8H,7,9-10H2,1H3,(H,17,18). The molecule has 20 heavy (non-hydrogen) atoms. The summed E-state index contributed by atoms with van der Waals surface area (Å²) >= 11 is 3.06. The van der Waals surface area contributed by atoms with Crippen molar-refractivity contribution >= 4 is 29.0 Å². The van der Waals surface area contributed by atoms with Crippen molar-refractivity contribution in [3.8, 4) is 0 Å². The van der Waals surface area contributed by atoms with Gasteiger partial charge in [0.2, 0.25) is 0 Å². The largest absolute Gasteiger partial charge is 0.351 e. The summed E-state index contributed by atoms with van der Waals surface area (Å²) < 4.78 is 13.4. The fraction of sp³-hybridized carbons (Fsp3) is 0.267. The first kappa shape index (κ1) is 15.1. The van der Waals surface area contributed by atoms with Crippen molar-refractivity contribution in [2.24, 2.45) is 0 Å². The molecular formula is C15H16FNOS2. The van der Waals surface area contributed by atoms with Gasteiger partial charge in [0.25, 0.3) is 5.91 Å². The fourth-order valence-corrected chi connectivity index (χ4v) is 3.41. The van der Waals surface area contributed by atoms with Gasteiger partial charge in [-0.15, -0.1) is 11.3 Å². The van der Waals surface area contributed by atoms with Gasteiger partial charge >= 0.3 is 0 Å². The summed E-state index contributed by atoms with van der Waals surface area (Å²) in [7, 11) is 0. The summed E-state index contributed by atoms with van der Waals surface area (Å²) in [6, 6.07) is 8.72. The van der Waals surface area contributed by atoms with Crippen LogP contribution < -0.4 is 5.32 Å². The van der Waals surface area contributed by atoms with Crippen LogP contribution in [0.5, 0.6) is 0 Å². The van der Waals surface area contributed by atoms with Crippen LogP contribution in [0.1, 0.15) is 20.8 Å². The molecule has 1 N–H and O–H groups in total. The molecule has 0 saturated carbocycles. The topological polar surface area (TPSA) is 29.1 Å². The lowest BCUT2D eigenvalue weighted by molar-refractivity contribution is 0.0959. The molecule has 0 fully saturated rings. The van der Waals surface area contributed by atoms with Gasteiger partial charge < -0.3 is 5.32 Å². The van der Waals surface area contributed by atoms with Gasteiger partial charge in [0.05, 0.1) is 4.88 Å². The molecule has 106 valence electrons. The Labute approximate surface area is 126 Å². The van der Waals surface area contributed by atoms with E-state index in [2.05, 4.69) is 5.32 Å². The molecule has 1 heterocycles. The van der Waals surface area contributed by atoms with Crippen molar-refractivity contribution in [3.05, 3.63) is 57.5 Å². The van der Waals surface area contributed by atoms with Gasteiger partial charge in [0, 0.05) is 18.1 Å². The zero-order valence-corrected chi connectivity index (χ0v) is 12.8. The number of carbonyl (C=O) groups is 1. The molecule has 0 unspecified atom stereocenters. The van der Waals surface area contributed by atoms with E-state index in [1.807, 2.05) is 24.4 Å². The fourth-order valence-electron chi connectivity index (χ4n) is 1.72. The third-order valence-electron chi connectivity index (χ3n) is 2.82. The van der Waals surface area contributed by atoms with Crippen LogP contribution in [0.25, 0.3) is 0 Å². The van der Waals surface area contributed by atoms with Crippen LogP contribution in [0.2, 0.25) is 0 Å². The van der Waals surface area contributed by atoms with E-state index in [9.17, 15) is 9.18 Å². The van der Waals surface area contributed by atoms with Crippen LogP contribution in [0, 0.1) is 12.7 Å². The predicted molar refractivity (Wildman–Crippen MR) is 84.0 cm³/mol. The summed E-state index contributed by atoms with van der Waals surface area (Å²) in [4.78, 5) is 12.6. The summed E-state index contributed by atoms with van der Waals surface area (Å²) in [5.74, 6) is 1.20. The molecule has 1 aromatic carbocycles. The molecular weight excluding hydrogens is 293 g/mol. The molecule has 0 atom stereocenters. The lowest BCUT2D eigenvalue weighted by atomic mass is 10.2. The number of benzene rings is 1. The predicted octanol–water partition coefficient (Wildman–Crippen LogP) is 3.86. The van der Waals surface area contributed by atoms with Crippen molar-refractivity contribution in [2.75, 3.05) is 12.3 Å². The highest BCUT2D eigenvalue weighted by molar-refractivity contribution is 7.98. The number of aryl methyl sites for hydroxylation is 1. The third-order valence-corrected chi connectivity index (χ3v) is 4.84. The van der Waals surface area contributed by atoms with Crippen molar-refractivity contribution in [3.63, 3.8) is 0 Å². The minimum Gasteiger partial charge on any atom is -0.351 e. The van der Waals surface area contributed by atoms with E-state index >= 15 is 0 Å². The van der Waals surface area contributed by atoms with Crippen molar-refractivity contribution in [1.29, 1.82) is 0 Å². The molecule has 5 heteroatoms. The van der Waals surface area contributed by atoms with Gasteiger partial charge in [0.15, 0.2) is 0 Å². The second-order valence-electron chi connectivity index (χ2n) is 4.33. The molecule has 2 rings (SSSR count). The zero-order valence-electron chi connectivity index (χ0n) is 11.2. The lowest BCUT2D eigenvalue weighted by Crippen LogP contribution is -2.25. The van der Waals surface area contributed by atoms with E-state index in [1.54, 1.807) is 23.9 Å². The Balaban J connectivity index is 1.69. The second-order valence-corrected chi connectivity index (χ2v) is 6.35. The third kappa shape index (κ3) is 4.08. The Morgan fingerprint density at radius 2 is 2.15 bits per heavy atom. The summed E-state index contributed by atoms with van der Waals surface area (Å²) in [5, 5.41) is 4.80. The number of rotatable bonds is 6. The molecule has 0 aliphatic carbocycles. The highest BCUT2D eigenvalue weighted by Crippen LogP contribution is 2.16. The quantitative estimate of drug-likeness (QED) is 0.821. The molecule has 0 aliphatic rings. The minimum absolute atomic E-state index is 0.0241. The number of halogens is 1. The minimum atomic E-state index is -0.168. The molecule has 0 spiro atoms. The van der Waals surface area contributed by atoms with Gasteiger partial charge in [0.1, 0.15) is 5.82 Å². The van der Waals surface area contributed by atoms with Crippen molar-refractivity contribution < 1.29 is 9.18 Å². The molecule has 0 aliphatic heterocycles. The lowest BCUT2D eigenvalue weighted by Gasteiger charge is -2.05. The average Bonchev–Trinajstić information content (AvgIpc) is 2.86. The number of hydrogen-bond acceptors (Lipinski definition) is 3. The summed E-state index contributed by atoms with van der Waals surface area (Å²) in [6.07, 6.45) is 0. The Kier molecular flexibility index (Phi) is 5.61. The number of thioether (sulfide) groups is 1. The highest BCUT2D eigenvalue weighted by atomic mass is 32.2. The number of hydrogen-bond donors (Lipinski definition) is 1. The normalized spacial score (nSPS) is 10.5. The van der Waals surface area contributed by atoms with Crippen LogP contribution in [-0.2, 0) is 5.75 Å². The van der Waals surface area contributed by atoms with E-state index in [-0.39, 0.29) is 11.7 Å². The van der Waals surface area contributed by atoms with Crippen molar-refractivity contribution in [1.82, 2.24) is 5.32 Å².